The number of anilines is 1. The van der Waals surface area contributed by atoms with E-state index >= 15 is 0 Å². The van der Waals surface area contributed by atoms with E-state index in [0.29, 0.717) is 17.7 Å². The summed E-state index contributed by atoms with van der Waals surface area (Å²) in [6.45, 7) is 4.31. The van der Waals surface area contributed by atoms with E-state index in [1.54, 1.807) is 7.11 Å². The molecule has 1 aromatic carbocycles. The summed E-state index contributed by atoms with van der Waals surface area (Å²) in [5.74, 6) is 2.21. The first-order valence-corrected chi connectivity index (χ1v) is 7.05. The molecule has 0 amide bonds. The van der Waals surface area contributed by atoms with Crippen molar-refractivity contribution in [2.75, 3.05) is 12.8 Å². The highest BCUT2D eigenvalue weighted by atomic mass is 16.5. The van der Waals surface area contributed by atoms with Gasteiger partial charge in [0.2, 0.25) is 5.88 Å². The Morgan fingerprint density at radius 1 is 1.35 bits per heavy atom. The average Bonchev–Trinajstić information content (AvgIpc) is 3.21. The second-order valence-corrected chi connectivity index (χ2v) is 5.69. The molecule has 1 fully saturated rings. The lowest BCUT2D eigenvalue weighted by Crippen LogP contribution is -1.96. The van der Waals surface area contributed by atoms with Crippen molar-refractivity contribution < 1.29 is 9.26 Å². The molecule has 0 aliphatic heterocycles. The molecule has 4 heteroatoms. The van der Waals surface area contributed by atoms with Crippen LogP contribution >= 0.6 is 0 Å². The molecule has 0 saturated heterocycles. The van der Waals surface area contributed by atoms with E-state index in [9.17, 15) is 0 Å². The second kappa shape index (κ2) is 4.85. The highest BCUT2D eigenvalue weighted by molar-refractivity contribution is 5.77. The van der Waals surface area contributed by atoms with Gasteiger partial charge in [0, 0.05) is 5.92 Å². The Bertz CT molecular complexity index is 627. The lowest BCUT2D eigenvalue weighted by Gasteiger charge is -2.13. The van der Waals surface area contributed by atoms with Crippen molar-refractivity contribution in [3.05, 3.63) is 29.5 Å². The topological polar surface area (TPSA) is 61.3 Å². The van der Waals surface area contributed by atoms with Gasteiger partial charge in [0.25, 0.3) is 0 Å². The molecule has 1 aliphatic carbocycles. The first-order chi connectivity index (χ1) is 9.61. The Hall–Kier alpha value is -1.97. The number of rotatable bonds is 4. The number of ether oxygens (including phenoxy) is 1. The van der Waals surface area contributed by atoms with Crippen LogP contribution in [-0.4, -0.2) is 12.3 Å². The number of aromatic nitrogens is 1. The van der Waals surface area contributed by atoms with Crippen LogP contribution in [0, 0.1) is 0 Å². The molecule has 2 N–H and O–H groups in total. The molecular formula is C16H20N2O2. The molecule has 106 valence electrons. The normalized spacial score (nSPS) is 14.8. The minimum absolute atomic E-state index is 0.385. The van der Waals surface area contributed by atoms with Gasteiger partial charge in [-0.25, -0.2) is 0 Å². The minimum Gasteiger partial charge on any atom is -0.496 e. The monoisotopic (exact) mass is 272 g/mol. The van der Waals surface area contributed by atoms with Gasteiger partial charge in [0.15, 0.2) is 0 Å². The molecular weight excluding hydrogens is 252 g/mol. The highest BCUT2D eigenvalue weighted by Gasteiger charge is 2.31. The van der Waals surface area contributed by atoms with Gasteiger partial charge in [-0.05, 0) is 42.0 Å². The fraction of sp³-hybridized carbons (Fsp3) is 0.438. The van der Waals surface area contributed by atoms with Crippen molar-refractivity contribution in [3.63, 3.8) is 0 Å². The maximum absolute atomic E-state index is 5.98. The highest BCUT2D eigenvalue weighted by Crippen LogP contribution is 2.46. The van der Waals surface area contributed by atoms with Crippen LogP contribution in [-0.2, 0) is 0 Å². The first-order valence-electron chi connectivity index (χ1n) is 7.05. The van der Waals surface area contributed by atoms with Gasteiger partial charge < -0.3 is 15.0 Å². The molecule has 20 heavy (non-hydrogen) atoms. The Morgan fingerprint density at radius 3 is 2.70 bits per heavy atom. The largest absolute Gasteiger partial charge is 0.496 e. The van der Waals surface area contributed by atoms with Crippen molar-refractivity contribution in [3.8, 4) is 16.9 Å². The number of benzene rings is 1. The van der Waals surface area contributed by atoms with E-state index in [1.165, 1.54) is 18.4 Å². The van der Waals surface area contributed by atoms with Gasteiger partial charge in [0.05, 0.1) is 18.4 Å². The summed E-state index contributed by atoms with van der Waals surface area (Å²) in [4.78, 5) is 0. The second-order valence-electron chi connectivity index (χ2n) is 5.69. The van der Waals surface area contributed by atoms with E-state index in [0.717, 1.165) is 22.6 Å². The number of nitrogens with two attached hydrogens (primary N) is 1. The smallest absolute Gasteiger partial charge is 0.230 e. The summed E-state index contributed by atoms with van der Waals surface area (Å²) in [5.41, 5.74) is 10.2. The zero-order valence-electron chi connectivity index (χ0n) is 12.1. The maximum Gasteiger partial charge on any atom is 0.230 e. The number of hydrogen-bond acceptors (Lipinski definition) is 4. The molecule has 1 saturated carbocycles. The third-order valence-corrected chi connectivity index (χ3v) is 3.85. The van der Waals surface area contributed by atoms with Gasteiger partial charge >= 0.3 is 0 Å². The molecule has 4 nitrogen and oxygen atoms in total. The lowest BCUT2D eigenvalue weighted by molar-refractivity contribution is 0.407. The average molecular weight is 272 g/mol. The van der Waals surface area contributed by atoms with Gasteiger partial charge in [-0.1, -0.05) is 25.1 Å². The summed E-state index contributed by atoms with van der Waals surface area (Å²) < 4.78 is 10.6. The quantitative estimate of drug-likeness (QED) is 0.916. The van der Waals surface area contributed by atoms with Gasteiger partial charge in [0.1, 0.15) is 5.75 Å². The molecule has 3 rings (SSSR count). The number of methoxy groups -OCH3 is 1. The van der Waals surface area contributed by atoms with E-state index in [1.807, 2.05) is 12.1 Å². The van der Waals surface area contributed by atoms with Crippen LogP contribution in [0.3, 0.4) is 0 Å². The molecule has 1 aliphatic rings. The summed E-state index contributed by atoms with van der Waals surface area (Å²) in [5, 5.41) is 4.14. The Labute approximate surface area is 118 Å². The van der Waals surface area contributed by atoms with Crippen LogP contribution in [0.2, 0.25) is 0 Å². The Balaban J connectivity index is 2.10. The predicted molar refractivity (Wildman–Crippen MR) is 79.0 cm³/mol. The van der Waals surface area contributed by atoms with Crippen LogP contribution in [0.25, 0.3) is 11.1 Å². The molecule has 1 heterocycles. The van der Waals surface area contributed by atoms with Crippen molar-refractivity contribution in [1.82, 2.24) is 5.16 Å². The Kier molecular flexibility index (Phi) is 3.16. The molecule has 0 spiro atoms. The summed E-state index contributed by atoms with van der Waals surface area (Å²) in [6.07, 6.45) is 2.35. The van der Waals surface area contributed by atoms with Crippen molar-refractivity contribution in [1.29, 1.82) is 0 Å². The van der Waals surface area contributed by atoms with Crippen LogP contribution in [0.15, 0.2) is 22.7 Å². The van der Waals surface area contributed by atoms with Crippen molar-refractivity contribution in [2.24, 2.45) is 0 Å². The van der Waals surface area contributed by atoms with Crippen LogP contribution in [0.1, 0.15) is 49.8 Å². The summed E-state index contributed by atoms with van der Waals surface area (Å²) in [6, 6.07) is 6.16. The first kappa shape index (κ1) is 13.0. The van der Waals surface area contributed by atoms with Crippen LogP contribution in [0.5, 0.6) is 5.75 Å². The van der Waals surface area contributed by atoms with Crippen LogP contribution < -0.4 is 10.5 Å². The van der Waals surface area contributed by atoms with Gasteiger partial charge in [-0.3, -0.25) is 0 Å². The standard InChI is InChI=1S/C16H20N2O2/c1-9(2)12-8-11(6-7-13(12)19-3)14-15(10-4-5-10)18-20-16(14)17/h6-10H,4-5,17H2,1-3H3. The van der Waals surface area contributed by atoms with E-state index < -0.39 is 0 Å². The van der Waals surface area contributed by atoms with E-state index in [4.69, 9.17) is 15.0 Å². The minimum atomic E-state index is 0.385. The fourth-order valence-corrected chi connectivity index (χ4v) is 2.58. The van der Waals surface area contributed by atoms with Gasteiger partial charge in [-0.15, -0.1) is 0 Å². The summed E-state index contributed by atoms with van der Waals surface area (Å²) in [7, 11) is 1.70. The molecule has 0 atom stereocenters. The van der Waals surface area contributed by atoms with E-state index in [-0.39, 0.29) is 0 Å². The lowest BCUT2D eigenvalue weighted by atomic mass is 9.95. The molecule has 0 unspecified atom stereocenters. The third kappa shape index (κ3) is 2.15. The van der Waals surface area contributed by atoms with Crippen molar-refractivity contribution in [2.45, 2.75) is 38.5 Å². The van der Waals surface area contributed by atoms with Crippen LogP contribution in [0.4, 0.5) is 5.88 Å². The SMILES string of the molecule is COc1ccc(-c2c(C3CC3)noc2N)cc1C(C)C. The zero-order chi connectivity index (χ0) is 14.3. The zero-order valence-corrected chi connectivity index (χ0v) is 12.1. The summed E-state index contributed by atoms with van der Waals surface area (Å²) >= 11 is 0. The van der Waals surface area contributed by atoms with E-state index in [2.05, 4.69) is 25.1 Å². The maximum atomic E-state index is 5.98. The molecule has 1 aromatic heterocycles. The molecule has 0 bridgehead atoms. The van der Waals surface area contributed by atoms with Gasteiger partial charge in [-0.2, -0.15) is 0 Å². The van der Waals surface area contributed by atoms with Crippen molar-refractivity contribution >= 4 is 5.88 Å². The molecule has 0 radical (unpaired) electrons. The molecule has 2 aromatic rings. The number of hydrogen-bond donors (Lipinski definition) is 1. The number of nitrogens with zero attached hydrogens (tertiary/aromatic N) is 1. The Morgan fingerprint density at radius 2 is 2.10 bits per heavy atom. The third-order valence-electron chi connectivity index (χ3n) is 3.85. The number of nitrogen functional groups attached to an aromatic ring is 1. The fourth-order valence-electron chi connectivity index (χ4n) is 2.58. The predicted octanol–water partition coefficient (Wildman–Crippen LogP) is 3.93.